The van der Waals surface area contributed by atoms with E-state index in [1.54, 1.807) is 18.3 Å². The van der Waals surface area contributed by atoms with E-state index < -0.39 is 9.84 Å². The number of sulfone groups is 1. The molecule has 1 aromatic heterocycles. The van der Waals surface area contributed by atoms with Gasteiger partial charge >= 0.3 is 0 Å². The molecule has 26 heavy (non-hydrogen) atoms. The molecule has 140 valence electrons. The van der Waals surface area contributed by atoms with Gasteiger partial charge in [-0.15, -0.1) is 0 Å². The van der Waals surface area contributed by atoms with Gasteiger partial charge in [0.15, 0.2) is 9.84 Å². The highest BCUT2D eigenvalue weighted by Gasteiger charge is 2.22. The molecule has 1 N–H and O–H groups in total. The zero-order valence-electron chi connectivity index (χ0n) is 15.3. The van der Waals surface area contributed by atoms with Crippen molar-refractivity contribution < 1.29 is 8.42 Å². The van der Waals surface area contributed by atoms with E-state index >= 15 is 0 Å². The van der Waals surface area contributed by atoms with Crippen LogP contribution in [0.15, 0.2) is 53.6 Å². The second-order valence-corrected chi connectivity index (χ2v) is 8.69. The van der Waals surface area contributed by atoms with Crippen LogP contribution in [0.1, 0.15) is 6.92 Å². The van der Waals surface area contributed by atoms with Crippen molar-refractivity contribution in [1.82, 2.24) is 9.88 Å². The topological polar surface area (TPSA) is 65.5 Å². The van der Waals surface area contributed by atoms with Crippen molar-refractivity contribution in [3.8, 4) is 0 Å². The summed E-state index contributed by atoms with van der Waals surface area (Å²) in [6.45, 7) is 6.77. The Bertz CT molecular complexity index is 818. The van der Waals surface area contributed by atoms with Crippen molar-refractivity contribution in [2.24, 2.45) is 0 Å². The summed E-state index contributed by atoms with van der Waals surface area (Å²) in [5, 5.41) is 3.21. The Morgan fingerprint density at radius 2 is 1.77 bits per heavy atom. The van der Waals surface area contributed by atoms with Gasteiger partial charge in [0.05, 0.1) is 0 Å². The molecule has 6 nitrogen and oxygen atoms in total. The number of piperazine rings is 1. The minimum atomic E-state index is -3.29. The number of nitrogens with zero attached hydrogens (tertiary/aromatic N) is 3. The van der Waals surface area contributed by atoms with Crippen LogP contribution in [0, 0.1) is 0 Å². The van der Waals surface area contributed by atoms with Crippen molar-refractivity contribution in [3.63, 3.8) is 0 Å². The van der Waals surface area contributed by atoms with Crippen LogP contribution in [-0.4, -0.2) is 63.3 Å². The highest BCUT2D eigenvalue weighted by Crippen LogP contribution is 2.19. The largest absolute Gasteiger partial charge is 0.369 e. The number of nitrogens with one attached hydrogen (secondary N) is 1. The van der Waals surface area contributed by atoms with Crippen LogP contribution in [-0.2, 0) is 9.84 Å². The van der Waals surface area contributed by atoms with Crippen molar-refractivity contribution in [2.45, 2.75) is 17.9 Å². The number of benzene rings is 1. The molecule has 2 heterocycles. The van der Waals surface area contributed by atoms with Crippen LogP contribution in [0.5, 0.6) is 0 Å². The minimum Gasteiger partial charge on any atom is -0.369 e. The quantitative estimate of drug-likeness (QED) is 0.835. The Hall–Kier alpha value is -2.12. The van der Waals surface area contributed by atoms with Crippen LogP contribution in [0.25, 0.3) is 0 Å². The first kappa shape index (κ1) is 18.7. The van der Waals surface area contributed by atoms with E-state index in [-0.39, 0.29) is 4.90 Å². The Morgan fingerprint density at radius 3 is 2.42 bits per heavy atom. The number of anilines is 2. The smallest absolute Gasteiger partial charge is 0.179 e. The van der Waals surface area contributed by atoms with E-state index in [1.807, 2.05) is 6.07 Å². The van der Waals surface area contributed by atoms with Crippen LogP contribution >= 0.6 is 0 Å². The molecule has 7 heteroatoms. The van der Waals surface area contributed by atoms with Crippen molar-refractivity contribution in [2.75, 3.05) is 49.2 Å². The Morgan fingerprint density at radius 1 is 1.08 bits per heavy atom. The third-order valence-electron chi connectivity index (χ3n) is 4.79. The summed E-state index contributed by atoms with van der Waals surface area (Å²) in [5.41, 5.74) is 1.27. The van der Waals surface area contributed by atoms with Gasteiger partial charge in [-0.1, -0.05) is 18.2 Å². The normalized spacial score (nSPS) is 17.1. The molecule has 0 radical (unpaired) electrons. The van der Waals surface area contributed by atoms with Crippen LogP contribution in [0.2, 0.25) is 0 Å². The van der Waals surface area contributed by atoms with Gasteiger partial charge in [-0.05, 0) is 31.2 Å². The number of rotatable bonds is 6. The zero-order valence-corrected chi connectivity index (χ0v) is 16.1. The van der Waals surface area contributed by atoms with Crippen LogP contribution < -0.4 is 10.2 Å². The summed E-state index contributed by atoms with van der Waals surface area (Å²) in [6, 6.07) is 14.0. The van der Waals surface area contributed by atoms with Crippen LogP contribution in [0.4, 0.5) is 11.5 Å². The maximum absolute atomic E-state index is 11.9. The minimum absolute atomic E-state index is 0.251. The van der Waals surface area contributed by atoms with Crippen molar-refractivity contribution >= 4 is 21.3 Å². The predicted molar refractivity (Wildman–Crippen MR) is 106 cm³/mol. The summed E-state index contributed by atoms with van der Waals surface area (Å²) in [4.78, 5) is 9.27. The lowest BCUT2D eigenvalue weighted by molar-refractivity contribution is 0.204. The standard InChI is InChI=1S/C19H26N4O2S/c1-16(15-21-19-18(26(2,24)25)9-6-10-20-19)22-11-13-23(14-12-22)17-7-4-3-5-8-17/h3-10,16H,11-15H2,1-2H3,(H,20,21). The molecule has 1 fully saturated rings. The molecule has 2 aromatic rings. The van der Waals surface area contributed by atoms with E-state index in [1.165, 1.54) is 11.9 Å². The number of pyridine rings is 1. The Labute approximate surface area is 155 Å². The number of para-hydroxylation sites is 1. The molecule has 0 spiro atoms. The third kappa shape index (κ3) is 4.53. The van der Waals surface area contributed by atoms with Crippen LogP contribution in [0.3, 0.4) is 0 Å². The third-order valence-corrected chi connectivity index (χ3v) is 5.92. The van der Waals surface area contributed by atoms with Gasteiger partial charge in [0.2, 0.25) is 0 Å². The molecule has 1 aromatic carbocycles. The highest BCUT2D eigenvalue weighted by molar-refractivity contribution is 7.90. The molecule has 0 saturated carbocycles. The van der Waals surface area contributed by atoms with Crippen molar-refractivity contribution in [1.29, 1.82) is 0 Å². The summed E-state index contributed by atoms with van der Waals surface area (Å²) in [6.07, 6.45) is 2.82. The fraction of sp³-hybridized carbons (Fsp3) is 0.421. The summed E-state index contributed by atoms with van der Waals surface area (Å²) < 4.78 is 23.7. The van der Waals surface area contributed by atoms with Crippen molar-refractivity contribution in [3.05, 3.63) is 48.7 Å². The first-order valence-corrected chi connectivity index (χ1v) is 10.8. The summed E-state index contributed by atoms with van der Waals surface area (Å²) in [7, 11) is -3.29. The molecule has 0 bridgehead atoms. The van der Waals surface area contributed by atoms with E-state index in [0.29, 0.717) is 18.4 Å². The molecule has 3 rings (SSSR count). The molecule has 1 unspecified atom stereocenters. The van der Waals surface area contributed by atoms with Gasteiger partial charge in [-0.3, -0.25) is 4.90 Å². The lowest BCUT2D eigenvalue weighted by atomic mass is 10.2. The SMILES string of the molecule is CC(CNc1ncccc1S(C)(=O)=O)N1CCN(c2ccccc2)CC1. The lowest BCUT2D eigenvalue weighted by Gasteiger charge is -2.39. The lowest BCUT2D eigenvalue weighted by Crippen LogP contribution is -2.51. The number of hydrogen-bond donors (Lipinski definition) is 1. The summed E-state index contributed by atoms with van der Waals surface area (Å²) >= 11 is 0. The van der Waals surface area contributed by atoms with Gasteiger partial charge in [0.25, 0.3) is 0 Å². The Balaban J connectivity index is 1.55. The molecule has 0 amide bonds. The fourth-order valence-electron chi connectivity index (χ4n) is 3.26. The molecule has 1 aliphatic heterocycles. The maximum Gasteiger partial charge on any atom is 0.179 e. The molecular weight excluding hydrogens is 348 g/mol. The molecule has 1 saturated heterocycles. The fourth-order valence-corrected chi connectivity index (χ4v) is 4.06. The number of aromatic nitrogens is 1. The summed E-state index contributed by atoms with van der Waals surface area (Å²) in [5.74, 6) is 0.435. The van der Waals surface area contributed by atoms with Gasteiger partial charge in [0.1, 0.15) is 10.7 Å². The second kappa shape index (κ2) is 8.05. The van der Waals surface area contributed by atoms with Gasteiger partial charge < -0.3 is 10.2 Å². The maximum atomic E-state index is 11.9. The van der Waals surface area contributed by atoms with E-state index in [2.05, 4.69) is 51.3 Å². The average Bonchev–Trinajstić information content (AvgIpc) is 2.66. The number of hydrogen-bond acceptors (Lipinski definition) is 6. The molecule has 0 aliphatic carbocycles. The Kier molecular flexibility index (Phi) is 5.78. The van der Waals surface area contributed by atoms with E-state index in [4.69, 9.17) is 0 Å². The molecular formula is C19H26N4O2S. The first-order chi connectivity index (χ1) is 12.4. The average molecular weight is 375 g/mol. The zero-order chi connectivity index (χ0) is 18.6. The predicted octanol–water partition coefficient (Wildman–Crippen LogP) is 2.11. The molecule has 1 aliphatic rings. The van der Waals surface area contributed by atoms with Gasteiger partial charge in [-0.2, -0.15) is 0 Å². The monoisotopic (exact) mass is 374 g/mol. The highest BCUT2D eigenvalue weighted by atomic mass is 32.2. The van der Waals surface area contributed by atoms with Gasteiger partial charge in [-0.25, -0.2) is 13.4 Å². The van der Waals surface area contributed by atoms with Gasteiger partial charge in [0, 0.05) is 56.9 Å². The second-order valence-electron chi connectivity index (χ2n) is 6.71. The van der Waals surface area contributed by atoms with E-state index in [9.17, 15) is 8.42 Å². The first-order valence-electron chi connectivity index (χ1n) is 8.88. The van der Waals surface area contributed by atoms with E-state index in [0.717, 1.165) is 26.2 Å². The molecule has 1 atom stereocenters.